The molecule has 26 heavy (non-hydrogen) atoms. The average molecular weight is 382 g/mol. The van der Waals surface area contributed by atoms with Crippen LogP contribution in [0.1, 0.15) is 13.8 Å². The molecule has 4 rings (SSSR count). The maximum absolute atomic E-state index is 5.82. The average Bonchev–Trinajstić information content (AvgIpc) is 3.05. The fourth-order valence-corrected chi connectivity index (χ4v) is 3.98. The number of fused-ring (bicyclic) bond motifs is 1. The van der Waals surface area contributed by atoms with Crippen LogP contribution in [0.5, 0.6) is 5.75 Å². The van der Waals surface area contributed by atoms with Crippen molar-refractivity contribution in [2.75, 3.05) is 0 Å². The number of pyridine rings is 1. The molecular formula is C22H20ClNOS. The second kappa shape index (κ2) is 7.90. The zero-order valence-corrected chi connectivity index (χ0v) is 16.3. The van der Waals surface area contributed by atoms with E-state index < -0.39 is 0 Å². The third kappa shape index (κ3) is 3.74. The molecule has 2 heterocycles. The molecule has 2 nitrogen and oxygen atoms in total. The summed E-state index contributed by atoms with van der Waals surface area (Å²) in [6.07, 6.45) is 3.90. The maximum atomic E-state index is 5.82. The van der Waals surface area contributed by atoms with Gasteiger partial charge in [-0.15, -0.1) is 23.7 Å². The van der Waals surface area contributed by atoms with E-state index in [2.05, 4.69) is 46.8 Å². The third-order valence-electron chi connectivity index (χ3n) is 4.09. The van der Waals surface area contributed by atoms with E-state index in [1.807, 2.05) is 44.4 Å². The topological polar surface area (TPSA) is 22.1 Å². The second-order valence-electron chi connectivity index (χ2n) is 6.30. The van der Waals surface area contributed by atoms with Crippen molar-refractivity contribution in [3.05, 3.63) is 72.4 Å². The zero-order valence-electron chi connectivity index (χ0n) is 14.7. The predicted octanol–water partition coefficient (Wildman–Crippen LogP) is 6.84. The van der Waals surface area contributed by atoms with Gasteiger partial charge in [0.2, 0.25) is 0 Å². The first-order valence-corrected chi connectivity index (χ1v) is 9.27. The van der Waals surface area contributed by atoms with Gasteiger partial charge in [-0.3, -0.25) is 4.98 Å². The van der Waals surface area contributed by atoms with Crippen LogP contribution in [0.2, 0.25) is 0 Å². The van der Waals surface area contributed by atoms with E-state index >= 15 is 0 Å². The quantitative estimate of drug-likeness (QED) is 0.386. The molecule has 0 saturated carbocycles. The molecule has 0 unspecified atom stereocenters. The summed E-state index contributed by atoms with van der Waals surface area (Å²) >= 11 is 1.77. The fourth-order valence-electron chi connectivity index (χ4n) is 2.97. The Morgan fingerprint density at radius 3 is 2.50 bits per heavy atom. The van der Waals surface area contributed by atoms with Gasteiger partial charge in [0.15, 0.2) is 0 Å². The maximum Gasteiger partial charge on any atom is 0.120 e. The molecule has 0 spiro atoms. The molecule has 0 amide bonds. The Kier molecular flexibility index (Phi) is 5.60. The highest BCUT2D eigenvalue weighted by molar-refractivity contribution is 7.17. The highest BCUT2D eigenvalue weighted by atomic mass is 35.5. The molecule has 0 radical (unpaired) electrons. The molecule has 0 bridgehead atoms. The Morgan fingerprint density at radius 1 is 0.923 bits per heavy atom. The number of benzene rings is 2. The van der Waals surface area contributed by atoms with Crippen LogP contribution in [-0.2, 0) is 0 Å². The van der Waals surface area contributed by atoms with Gasteiger partial charge in [-0.2, -0.15) is 0 Å². The highest BCUT2D eigenvalue weighted by Crippen LogP contribution is 2.36. The summed E-state index contributed by atoms with van der Waals surface area (Å²) < 4.78 is 7.11. The van der Waals surface area contributed by atoms with Gasteiger partial charge in [0.1, 0.15) is 5.75 Å². The molecule has 0 atom stereocenters. The normalized spacial score (nSPS) is 10.7. The first-order valence-electron chi connectivity index (χ1n) is 8.39. The number of hydrogen-bond acceptors (Lipinski definition) is 3. The number of aromatic nitrogens is 1. The fraction of sp³-hybridized carbons (Fsp3) is 0.136. The van der Waals surface area contributed by atoms with Crippen molar-refractivity contribution in [3.8, 4) is 28.0 Å². The van der Waals surface area contributed by atoms with Crippen LogP contribution in [0.3, 0.4) is 0 Å². The van der Waals surface area contributed by atoms with E-state index in [-0.39, 0.29) is 18.5 Å². The van der Waals surface area contributed by atoms with Gasteiger partial charge in [0, 0.05) is 33.6 Å². The number of nitrogens with zero attached hydrogens (tertiary/aromatic N) is 1. The summed E-state index contributed by atoms with van der Waals surface area (Å²) in [7, 11) is 0. The number of rotatable bonds is 4. The Hall–Kier alpha value is -2.36. The Bertz CT molecular complexity index is 1010. The van der Waals surface area contributed by atoms with Crippen LogP contribution in [0.25, 0.3) is 32.3 Å². The lowest BCUT2D eigenvalue weighted by atomic mass is 10.0. The lowest BCUT2D eigenvalue weighted by Gasteiger charge is -2.11. The summed E-state index contributed by atoms with van der Waals surface area (Å²) in [6.45, 7) is 4.09. The van der Waals surface area contributed by atoms with Gasteiger partial charge in [-0.1, -0.05) is 30.3 Å². The minimum atomic E-state index is 0. The lowest BCUT2D eigenvalue weighted by molar-refractivity contribution is 0.242. The van der Waals surface area contributed by atoms with Crippen molar-refractivity contribution in [2.45, 2.75) is 20.0 Å². The van der Waals surface area contributed by atoms with E-state index in [1.165, 1.54) is 26.8 Å². The van der Waals surface area contributed by atoms with Crippen LogP contribution < -0.4 is 4.74 Å². The van der Waals surface area contributed by atoms with Crippen molar-refractivity contribution < 1.29 is 4.74 Å². The van der Waals surface area contributed by atoms with Gasteiger partial charge in [-0.25, -0.2) is 0 Å². The molecule has 0 fully saturated rings. The highest BCUT2D eigenvalue weighted by Gasteiger charge is 2.09. The Morgan fingerprint density at radius 2 is 1.73 bits per heavy atom. The van der Waals surface area contributed by atoms with Crippen molar-refractivity contribution in [3.63, 3.8) is 0 Å². The smallest absolute Gasteiger partial charge is 0.120 e. The number of ether oxygens (including phenoxy) is 1. The van der Waals surface area contributed by atoms with Crippen LogP contribution in [0.4, 0.5) is 0 Å². The zero-order chi connectivity index (χ0) is 17.2. The molecule has 132 valence electrons. The van der Waals surface area contributed by atoms with Crippen LogP contribution in [0, 0.1) is 0 Å². The molecule has 0 N–H and O–H groups in total. The van der Waals surface area contributed by atoms with E-state index in [9.17, 15) is 0 Å². The third-order valence-corrected chi connectivity index (χ3v) is 5.03. The molecule has 2 aromatic carbocycles. The Labute approximate surface area is 163 Å². The summed E-state index contributed by atoms with van der Waals surface area (Å²) in [5.74, 6) is 0.912. The molecule has 0 aliphatic heterocycles. The standard InChI is InChI=1S/C22H19NOS.ClH/c1-15(2)24-19-7-3-5-16(11-19)17-8-9-20-21(14-25-22(20)12-17)18-6-4-10-23-13-18;/h3-15H,1-2H3;1H. The first-order chi connectivity index (χ1) is 12.2. The minimum absolute atomic E-state index is 0. The van der Waals surface area contributed by atoms with Crippen LogP contribution in [0.15, 0.2) is 72.4 Å². The number of hydrogen-bond donors (Lipinski definition) is 0. The molecule has 4 heteroatoms. The molecule has 0 aliphatic rings. The van der Waals surface area contributed by atoms with Gasteiger partial charge in [-0.05, 0) is 54.6 Å². The summed E-state index contributed by atoms with van der Waals surface area (Å²) in [4.78, 5) is 4.24. The van der Waals surface area contributed by atoms with Gasteiger partial charge in [0.05, 0.1) is 6.10 Å². The van der Waals surface area contributed by atoms with Gasteiger partial charge in [0.25, 0.3) is 0 Å². The number of thiophene rings is 1. The van der Waals surface area contributed by atoms with Crippen molar-refractivity contribution >= 4 is 33.8 Å². The first kappa shape index (κ1) is 18.4. The SMILES string of the molecule is CC(C)Oc1cccc(-c2ccc3c(-c4cccnc4)csc3c2)c1.Cl. The van der Waals surface area contributed by atoms with Crippen LogP contribution >= 0.6 is 23.7 Å². The molecule has 0 aliphatic carbocycles. The van der Waals surface area contributed by atoms with Crippen molar-refractivity contribution in [2.24, 2.45) is 0 Å². The summed E-state index contributed by atoms with van der Waals surface area (Å²) in [6, 6.07) is 19.0. The van der Waals surface area contributed by atoms with Crippen LogP contribution in [-0.4, -0.2) is 11.1 Å². The second-order valence-corrected chi connectivity index (χ2v) is 7.21. The lowest BCUT2D eigenvalue weighted by Crippen LogP contribution is -2.05. The van der Waals surface area contributed by atoms with E-state index in [1.54, 1.807) is 11.3 Å². The molecular weight excluding hydrogens is 362 g/mol. The predicted molar refractivity (Wildman–Crippen MR) is 114 cm³/mol. The molecule has 2 aromatic heterocycles. The van der Waals surface area contributed by atoms with Gasteiger partial charge >= 0.3 is 0 Å². The van der Waals surface area contributed by atoms with E-state index in [0.717, 1.165) is 11.3 Å². The molecule has 4 aromatic rings. The van der Waals surface area contributed by atoms with Crippen molar-refractivity contribution in [1.82, 2.24) is 4.98 Å². The monoisotopic (exact) mass is 381 g/mol. The largest absolute Gasteiger partial charge is 0.491 e. The number of halogens is 1. The van der Waals surface area contributed by atoms with E-state index in [0.29, 0.717) is 0 Å². The minimum Gasteiger partial charge on any atom is -0.491 e. The van der Waals surface area contributed by atoms with Crippen molar-refractivity contribution in [1.29, 1.82) is 0 Å². The molecule has 0 saturated heterocycles. The van der Waals surface area contributed by atoms with E-state index in [4.69, 9.17) is 4.74 Å². The summed E-state index contributed by atoms with van der Waals surface area (Å²) in [5.41, 5.74) is 4.79. The summed E-state index contributed by atoms with van der Waals surface area (Å²) in [5, 5.41) is 3.49. The Balaban J connectivity index is 0.00000196. The van der Waals surface area contributed by atoms with Gasteiger partial charge < -0.3 is 4.74 Å².